The molecule has 28 heavy (non-hydrogen) atoms. The largest absolute Gasteiger partial charge is 0.403 e. The van der Waals surface area contributed by atoms with E-state index in [1.54, 1.807) is 13.2 Å². The van der Waals surface area contributed by atoms with Crippen LogP contribution in [0, 0.1) is 5.92 Å². The maximum Gasteiger partial charge on any atom is 0.322 e. The third-order valence-corrected chi connectivity index (χ3v) is 6.37. The molecule has 2 amide bonds. The van der Waals surface area contributed by atoms with Crippen molar-refractivity contribution in [2.45, 2.75) is 63.5 Å². The maximum absolute atomic E-state index is 12.5. The fourth-order valence-corrected chi connectivity index (χ4v) is 4.73. The number of nitrogens with zero attached hydrogens (tertiary/aromatic N) is 2. The smallest absolute Gasteiger partial charge is 0.322 e. The fraction of sp³-hybridized carbons (Fsp3) is 0.571. The van der Waals surface area contributed by atoms with Crippen molar-refractivity contribution in [3.05, 3.63) is 41.2 Å². The average molecular weight is 406 g/mol. The number of hydrogen-bond acceptors (Lipinski definition) is 4. The molecule has 2 aliphatic heterocycles. The van der Waals surface area contributed by atoms with Crippen molar-refractivity contribution in [1.82, 2.24) is 9.91 Å². The van der Waals surface area contributed by atoms with E-state index in [-0.39, 0.29) is 6.03 Å². The lowest BCUT2D eigenvalue weighted by Crippen LogP contribution is -2.63. The van der Waals surface area contributed by atoms with Gasteiger partial charge in [0.1, 0.15) is 0 Å². The zero-order valence-corrected chi connectivity index (χ0v) is 17.5. The molecule has 7 heteroatoms. The Morgan fingerprint density at radius 2 is 1.96 bits per heavy atom. The highest BCUT2D eigenvalue weighted by molar-refractivity contribution is 6.31. The molecule has 2 saturated carbocycles. The molecule has 5 N–H and O–H groups in total. The van der Waals surface area contributed by atoms with Crippen LogP contribution in [0.3, 0.4) is 0 Å². The molecule has 4 fully saturated rings. The van der Waals surface area contributed by atoms with Crippen LogP contribution in [0.4, 0.5) is 10.5 Å². The summed E-state index contributed by atoms with van der Waals surface area (Å²) in [6, 6.07) is 6.88. The first-order chi connectivity index (χ1) is 13.4. The number of halogens is 1. The molecule has 2 bridgehead atoms. The van der Waals surface area contributed by atoms with E-state index in [9.17, 15) is 4.79 Å². The Hall–Kier alpha value is -1.92. The van der Waals surface area contributed by atoms with Gasteiger partial charge >= 0.3 is 6.03 Å². The van der Waals surface area contributed by atoms with Crippen molar-refractivity contribution in [2.75, 3.05) is 12.4 Å². The van der Waals surface area contributed by atoms with Crippen molar-refractivity contribution < 1.29 is 4.79 Å². The first kappa shape index (κ1) is 20.8. The van der Waals surface area contributed by atoms with E-state index in [1.807, 2.05) is 12.1 Å². The Morgan fingerprint density at radius 3 is 2.46 bits per heavy atom. The van der Waals surface area contributed by atoms with Crippen LogP contribution in [0.15, 0.2) is 30.6 Å². The summed E-state index contributed by atoms with van der Waals surface area (Å²) >= 11 is 6.31. The van der Waals surface area contributed by atoms with Gasteiger partial charge in [0.25, 0.3) is 0 Å². The predicted octanol–water partition coefficient (Wildman–Crippen LogP) is 4.23. The van der Waals surface area contributed by atoms with Gasteiger partial charge in [-0.15, -0.1) is 0 Å². The summed E-state index contributed by atoms with van der Waals surface area (Å²) in [7, 11) is 1.70. The molecule has 0 aromatic heterocycles. The number of carbonyl (C=O) groups is 1. The van der Waals surface area contributed by atoms with Crippen LogP contribution in [-0.2, 0) is 0 Å². The average Bonchev–Trinajstić information content (AvgIpc) is 2.56. The van der Waals surface area contributed by atoms with Crippen LogP contribution in [0.25, 0.3) is 0 Å². The molecule has 2 heterocycles. The molecule has 1 aromatic carbocycles. The van der Waals surface area contributed by atoms with Crippen LogP contribution in [0.5, 0.6) is 0 Å². The molecule has 4 aliphatic rings. The molecule has 2 unspecified atom stereocenters. The third kappa shape index (κ3) is 4.73. The normalized spacial score (nSPS) is 26.0. The monoisotopic (exact) mass is 405 g/mol. The van der Waals surface area contributed by atoms with Crippen molar-refractivity contribution in [1.29, 1.82) is 0 Å². The van der Waals surface area contributed by atoms with E-state index in [2.05, 4.69) is 23.2 Å². The highest BCUT2D eigenvalue weighted by Crippen LogP contribution is 2.42. The Balaban J connectivity index is 0.000000330. The number of hydrazine groups is 1. The van der Waals surface area contributed by atoms with Crippen molar-refractivity contribution in [3.63, 3.8) is 0 Å². The Morgan fingerprint density at radius 1 is 1.29 bits per heavy atom. The molecule has 5 rings (SSSR count). The molecule has 2 aliphatic carbocycles. The predicted molar refractivity (Wildman–Crippen MR) is 115 cm³/mol. The highest BCUT2D eigenvalue weighted by atomic mass is 35.5. The van der Waals surface area contributed by atoms with Gasteiger partial charge in [0.2, 0.25) is 0 Å². The summed E-state index contributed by atoms with van der Waals surface area (Å²) in [4.78, 5) is 14.6. The number of fused-ring (bicyclic) bond motifs is 2. The second-order valence-electron chi connectivity index (χ2n) is 8.33. The van der Waals surface area contributed by atoms with Crippen LogP contribution in [0.2, 0.25) is 5.02 Å². The van der Waals surface area contributed by atoms with Gasteiger partial charge in [0.05, 0.1) is 0 Å². The lowest BCUT2D eigenvalue weighted by Gasteiger charge is -2.54. The summed E-state index contributed by atoms with van der Waals surface area (Å²) in [6.45, 7) is 2.29. The molecule has 0 radical (unpaired) electrons. The van der Waals surface area contributed by atoms with Gasteiger partial charge < -0.3 is 21.0 Å². The van der Waals surface area contributed by atoms with Crippen molar-refractivity contribution in [3.8, 4) is 0 Å². The first-order valence-electron chi connectivity index (χ1n) is 10.1. The molecule has 2 atom stereocenters. The van der Waals surface area contributed by atoms with Crippen LogP contribution >= 0.6 is 11.6 Å². The minimum Gasteiger partial charge on any atom is -0.403 e. The summed E-state index contributed by atoms with van der Waals surface area (Å²) in [5.74, 6) is 6.40. The number of amides is 2. The standard InChI is InChI=1S/C18H23ClN2O.C3H9N3/c1-11-7-14-10-15(8-11)21(14)18(22)20-13-5-6-17(19)16(9-13)12-3-2-4-12;1-6(5)3-2-4/h5-6,9,11-12,14-15H,2-4,7-8,10H2,1H3,(H,20,22);2-3H,4-5H2,1H3/b;3-2-. The molecular formula is C21H32ClN5O. The molecule has 1 aromatic rings. The van der Waals surface area contributed by atoms with Gasteiger partial charge in [0.15, 0.2) is 0 Å². The van der Waals surface area contributed by atoms with Crippen molar-refractivity contribution in [2.24, 2.45) is 17.5 Å². The SMILES string of the molecule is CC1CC2CC(C1)N2C(=O)Nc1ccc(Cl)c(C2CCC2)c1.CN(N)/C=C\N. The van der Waals surface area contributed by atoms with E-state index in [1.165, 1.54) is 42.5 Å². The van der Waals surface area contributed by atoms with E-state index < -0.39 is 0 Å². The second kappa shape index (κ2) is 9.05. The number of anilines is 1. The molecule has 6 nitrogen and oxygen atoms in total. The van der Waals surface area contributed by atoms with Crippen molar-refractivity contribution >= 4 is 23.3 Å². The maximum atomic E-state index is 12.5. The Labute approximate surface area is 172 Å². The number of hydrogen-bond donors (Lipinski definition) is 3. The molecule has 154 valence electrons. The van der Waals surface area contributed by atoms with Crippen LogP contribution in [0.1, 0.15) is 56.9 Å². The summed E-state index contributed by atoms with van der Waals surface area (Å²) in [5, 5.41) is 5.29. The molecule has 2 saturated heterocycles. The summed E-state index contributed by atoms with van der Waals surface area (Å²) < 4.78 is 0. The van der Waals surface area contributed by atoms with E-state index in [0.29, 0.717) is 18.0 Å². The van der Waals surface area contributed by atoms with E-state index >= 15 is 0 Å². The molecule has 0 spiro atoms. The lowest BCUT2D eigenvalue weighted by molar-refractivity contribution is -0.00601. The van der Waals surface area contributed by atoms with Gasteiger partial charge in [-0.25, -0.2) is 10.6 Å². The number of piperidine rings is 1. The summed E-state index contributed by atoms with van der Waals surface area (Å²) in [5.41, 5.74) is 7.01. The van der Waals surface area contributed by atoms with Gasteiger partial charge in [0, 0.05) is 42.2 Å². The lowest BCUT2D eigenvalue weighted by atomic mass is 9.74. The summed E-state index contributed by atoms with van der Waals surface area (Å²) in [6.07, 6.45) is 10.1. The number of carbonyl (C=O) groups excluding carboxylic acids is 1. The van der Waals surface area contributed by atoms with E-state index in [4.69, 9.17) is 23.2 Å². The van der Waals surface area contributed by atoms with Gasteiger partial charge in [-0.1, -0.05) is 24.9 Å². The van der Waals surface area contributed by atoms with Crippen LogP contribution in [-0.4, -0.2) is 35.1 Å². The van der Waals surface area contributed by atoms with Gasteiger partial charge in [-0.05, 0) is 67.7 Å². The highest BCUT2D eigenvalue weighted by Gasteiger charge is 2.46. The Bertz CT molecular complexity index is 707. The molecular weight excluding hydrogens is 374 g/mol. The number of rotatable bonds is 3. The number of urea groups is 1. The number of nitrogens with two attached hydrogens (primary N) is 2. The number of nitrogens with one attached hydrogen (secondary N) is 1. The zero-order valence-electron chi connectivity index (χ0n) is 16.8. The Kier molecular flexibility index (Phi) is 6.73. The van der Waals surface area contributed by atoms with Gasteiger partial charge in [-0.2, -0.15) is 0 Å². The first-order valence-corrected chi connectivity index (χ1v) is 10.5. The topological polar surface area (TPSA) is 87.6 Å². The minimum atomic E-state index is 0.0648. The second-order valence-corrected chi connectivity index (χ2v) is 8.74. The quantitative estimate of drug-likeness (QED) is 0.518. The minimum absolute atomic E-state index is 0.0648. The zero-order chi connectivity index (χ0) is 20.3. The van der Waals surface area contributed by atoms with Crippen LogP contribution < -0.4 is 16.9 Å². The van der Waals surface area contributed by atoms with Gasteiger partial charge in [-0.3, -0.25) is 0 Å². The van der Waals surface area contributed by atoms with E-state index in [0.717, 1.165) is 29.5 Å². The third-order valence-electron chi connectivity index (χ3n) is 6.03. The fourth-order valence-electron chi connectivity index (χ4n) is 4.46. The number of benzene rings is 1.